The number of fused-ring (bicyclic) bond motifs is 3. The number of hydrogen-bond acceptors (Lipinski definition) is 12. The van der Waals surface area contributed by atoms with Gasteiger partial charge in [-0.3, -0.25) is 19.2 Å². The highest BCUT2D eigenvalue weighted by molar-refractivity contribution is 5.74. The molecule has 240 valence electrons. The molecule has 12 nitrogen and oxygen atoms in total. The van der Waals surface area contributed by atoms with E-state index in [0.29, 0.717) is 12.8 Å². The van der Waals surface area contributed by atoms with Crippen LogP contribution >= 0.6 is 0 Å². The van der Waals surface area contributed by atoms with Gasteiger partial charge in [0.05, 0.1) is 36.4 Å². The van der Waals surface area contributed by atoms with Gasteiger partial charge in [0.15, 0.2) is 6.10 Å². The van der Waals surface area contributed by atoms with Crippen molar-refractivity contribution in [3.8, 4) is 0 Å². The molecule has 3 heterocycles. The van der Waals surface area contributed by atoms with E-state index in [1.807, 2.05) is 6.08 Å². The summed E-state index contributed by atoms with van der Waals surface area (Å²) in [5.41, 5.74) is -3.11. The molecule has 12 heteroatoms. The molecule has 5 aliphatic rings. The molecular formula is C31H44O12. The normalized spacial score (nSPS) is 43.9. The van der Waals surface area contributed by atoms with Crippen molar-refractivity contribution in [2.24, 2.45) is 34.5 Å². The predicted octanol–water partition coefficient (Wildman–Crippen LogP) is 2.44. The minimum Gasteiger partial charge on any atom is -0.472 e. The zero-order chi connectivity index (χ0) is 31.5. The van der Waals surface area contributed by atoms with E-state index in [1.165, 1.54) is 20.8 Å². The van der Waals surface area contributed by atoms with Gasteiger partial charge in [-0.25, -0.2) is 0 Å². The molecule has 1 spiro atoms. The summed E-state index contributed by atoms with van der Waals surface area (Å²) in [6, 6.07) is 0. The zero-order valence-electron chi connectivity index (χ0n) is 25.9. The first-order valence-electron chi connectivity index (χ1n) is 15.1. The lowest BCUT2D eigenvalue weighted by molar-refractivity contribution is -0.284. The van der Waals surface area contributed by atoms with Gasteiger partial charge in [0.1, 0.15) is 24.4 Å². The number of aliphatic hydroxyl groups excluding tert-OH is 1. The third kappa shape index (κ3) is 5.12. The zero-order valence-corrected chi connectivity index (χ0v) is 25.9. The number of aliphatic hydroxyl groups is 1. The predicted molar refractivity (Wildman–Crippen MR) is 147 cm³/mol. The third-order valence-corrected chi connectivity index (χ3v) is 11.0. The Labute approximate surface area is 251 Å². The molecule has 2 saturated carbocycles. The molecule has 0 radical (unpaired) electrons. The van der Waals surface area contributed by atoms with Crippen molar-refractivity contribution in [3.05, 3.63) is 12.3 Å². The van der Waals surface area contributed by atoms with Gasteiger partial charge in [-0.1, -0.05) is 13.8 Å². The summed E-state index contributed by atoms with van der Waals surface area (Å²) in [6.45, 7) is 11.1. The summed E-state index contributed by atoms with van der Waals surface area (Å²) in [4.78, 5) is 49.7. The molecule has 0 aromatic rings. The van der Waals surface area contributed by atoms with Crippen LogP contribution < -0.4 is 0 Å². The Kier molecular flexibility index (Phi) is 8.36. The minimum atomic E-state index is -1.32. The standard InChI is InChI=1S/C31H44O12/c1-15-10-25(41-20(6)34)30(13-38-18(4)32)23(29(15,7)24-11-21-8-9-37-28(21)42-24)12-22(35)26(31(30)14-39-31)43-27(36)16(2)17(3)40-19(5)33/h8-9,15-17,21-26,28,35H,10-14H2,1-7H3/t15-,16-,17+,21-,22-,23-,24+,25+,26+,28+,29+,30+,31-/m1/s1. The van der Waals surface area contributed by atoms with Crippen LogP contribution in [0, 0.1) is 34.5 Å². The second-order valence-corrected chi connectivity index (χ2v) is 13.3. The van der Waals surface area contributed by atoms with Crippen molar-refractivity contribution in [1.82, 2.24) is 0 Å². The van der Waals surface area contributed by atoms with Crippen LogP contribution in [-0.2, 0) is 52.3 Å². The Morgan fingerprint density at radius 3 is 2.30 bits per heavy atom. The molecule has 0 unspecified atom stereocenters. The van der Waals surface area contributed by atoms with Crippen molar-refractivity contribution < 1.29 is 57.4 Å². The number of carbonyl (C=O) groups excluding carboxylic acids is 4. The summed E-state index contributed by atoms with van der Waals surface area (Å²) < 4.78 is 41.4. The lowest BCUT2D eigenvalue weighted by Gasteiger charge is -2.65. The lowest BCUT2D eigenvalue weighted by atomic mass is 9.41. The van der Waals surface area contributed by atoms with E-state index in [-0.39, 0.29) is 37.6 Å². The molecule has 0 amide bonds. The SMILES string of the molecule is CC(=O)OC[C@@]12[C@@H](OC(C)=O)C[C@@H](C)[C@](C)([C@@H]3C[C@H]4C=CO[C@H]4O3)[C@H]1C[C@@H](O)[C@H](OC(=O)[C@H](C)[C@H](C)OC(C)=O)[C@]21CO1. The number of ether oxygens (including phenoxy) is 7. The Bertz CT molecular complexity index is 1160. The highest BCUT2D eigenvalue weighted by atomic mass is 16.7. The van der Waals surface area contributed by atoms with Gasteiger partial charge in [-0.15, -0.1) is 0 Å². The first-order valence-corrected chi connectivity index (χ1v) is 15.1. The maximum atomic E-state index is 13.4. The van der Waals surface area contributed by atoms with Gasteiger partial charge in [0, 0.05) is 32.1 Å². The number of hydrogen-bond donors (Lipinski definition) is 1. The van der Waals surface area contributed by atoms with Crippen molar-refractivity contribution in [3.63, 3.8) is 0 Å². The summed E-state index contributed by atoms with van der Waals surface area (Å²) in [6.07, 6.45) is 0.325. The smallest absolute Gasteiger partial charge is 0.312 e. The first-order chi connectivity index (χ1) is 20.2. The summed E-state index contributed by atoms with van der Waals surface area (Å²) in [7, 11) is 0. The number of carbonyl (C=O) groups is 4. The van der Waals surface area contributed by atoms with Crippen LogP contribution in [0.2, 0.25) is 0 Å². The fourth-order valence-corrected chi connectivity index (χ4v) is 8.39. The molecule has 13 atom stereocenters. The average molecular weight is 609 g/mol. The molecular weight excluding hydrogens is 564 g/mol. The van der Waals surface area contributed by atoms with Crippen LogP contribution in [0.5, 0.6) is 0 Å². The van der Waals surface area contributed by atoms with E-state index < -0.39 is 82.8 Å². The minimum absolute atomic E-state index is 0.0492. The topological polar surface area (TPSA) is 156 Å². The van der Waals surface area contributed by atoms with Gasteiger partial charge in [0.25, 0.3) is 0 Å². The van der Waals surface area contributed by atoms with E-state index in [9.17, 15) is 24.3 Å². The largest absolute Gasteiger partial charge is 0.472 e. The first kappa shape index (κ1) is 31.7. The second-order valence-electron chi connectivity index (χ2n) is 13.3. The van der Waals surface area contributed by atoms with E-state index >= 15 is 0 Å². The van der Waals surface area contributed by atoms with Crippen molar-refractivity contribution in [2.75, 3.05) is 13.2 Å². The van der Waals surface area contributed by atoms with Gasteiger partial charge < -0.3 is 38.3 Å². The molecule has 3 aliphatic heterocycles. The molecule has 1 N–H and O–H groups in total. The highest BCUT2D eigenvalue weighted by Gasteiger charge is 2.81. The molecule has 4 fully saturated rings. The summed E-state index contributed by atoms with van der Waals surface area (Å²) in [5, 5.41) is 11.7. The quantitative estimate of drug-likeness (QED) is 0.244. The molecule has 43 heavy (non-hydrogen) atoms. The lowest BCUT2D eigenvalue weighted by Crippen LogP contribution is -2.74. The van der Waals surface area contributed by atoms with Crippen LogP contribution in [0.4, 0.5) is 0 Å². The maximum Gasteiger partial charge on any atom is 0.312 e. The van der Waals surface area contributed by atoms with Gasteiger partial charge in [-0.2, -0.15) is 0 Å². The van der Waals surface area contributed by atoms with Crippen molar-refractivity contribution in [1.29, 1.82) is 0 Å². The fourth-order valence-electron chi connectivity index (χ4n) is 8.39. The van der Waals surface area contributed by atoms with Crippen molar-refractivity contribution in [2.45, 2.75) is 110 Å². The summed E-state index contributed by atoms with van der Waals surface area (Å²) >= 11 is 0. The average Bonchev–Trinajstić information content (AvgIpc) is 3.40. The van der Waals surface area contributed by atoms with E-state index in [1.54, 1.807) is 20.1 Å². The van der Waals surface area contributed by atoms with Gasteiger partial charge >= 0.3 is 23.9 Å². The Balaban J connectivity index is 1.57. The molecule has 2 aliphatic carbocycles. The number of rotatable bonds is 8. The van der Waals surface area contributed by atoms with E-state index in [0.717, 1.165) is 0 Å². The Hall–Kier alpha value is -2.70. The van der Waals surface area contributed by atoms with Crippen LogP contribution in [-0.4, -0.2) is 84.6 Å². The van der Waals surface area contributed by atoms with Crippen LogP contribution in [0.25, 0.3) is 0 Å². The maximum absolute atomic E-state index is 13.4. The van der Waals surface area contributed by atoms with Crippen LogP contribution in [0.3, 0.4) is 0 Å². The van der Waals surface area contributed by atoms with Gasteiger partial charge in [-0.05, 0) is 51.0 Å². The number of epoxide rings is 1. The second kappa shape index (κ2) is 11.3. The van der Waals surface area contributed by atoms with Gasteiger partial charge in [0.2, 0.25) is 6.29 Å². The molecule has 0 aromatic heterocycles. The van der Waals surface area contributed by atoms with E-state index in [2.05, 4.69) is 13.8 Å². The van der Waals surface area contributed by atoms with Crippen LogP contribution in [0.15, 0.2) is 12.3 Å². The highest BCUT2D eigenvalue weighted by Crippen LogP contribution is 2.70. The fraction of sp³-hybridized carbons (Fsp3) is 0.806. The third-order valence-electron chi connectivity index (χ3n) is 11.0. The molecule has 0 bridgehead atoms. The number of esters is 4. The Morgan fingerprint density at radius 1 is 1.02 bits per heavy atom. The van der Waals surface area contributed by atoms with E-state index in [4.69, 9.17) is 33.2 Å². The summed E-state index contributed by atoms with van der Waals surface area (Å²) in [5.74, 6) is -3.50. The van der Waals surface area contributed by atoms with Crippen LogP contribution in [0.1, 0.15) is 67.7 Å². The molecule has 2 saturated heterocycles. The molecule has 0 aromatic carbocycles. The monoisotopic (exact) mass is 608 g/mol. The molecule has 5 rings (SSSR count). The Morgan fingerprint density at radius 2 is 1.72 bits per heavy atom. The van der Waals surface area contributed by atoms with Crippen molar-refractivity contribution >= 4 is 23.9 Å².